The van der Waals surface area contributed by atoms with E-state index in [4.69, 9.17) is 5.73 Å². The second-order valence-corrected chi connectivity index (χ2v) is 5.97. The van der Waals surface area contributed by atoms with E-state index in [9.17, 15) is 4.79 Å². The lowest BCUT2D eigenvalue weighted by Crippen LogP contribution is -2.56. The number of hydrogen-bond acceptors (Lipinski definition) is 3. The number of amides is 1. The van der Waals surface area contributed by atoms with Crippen molar-refractivity contribution in [1.82, 2.24) is 9.88 Å². The largest absolute Gasteiger partial charge is 0.336 e. The van der Waals surface area contributed by atoms with E-state index >= 15 is 0 Å². The molecule has 0 bridgehead atoms. The fourth-order valence-corrected chi connectivity index (χ4v) is 2.62. The van der Waals surface area contributed by atoms with Crippen molar-refractivity contribution in [3.63, 3.8) is 0 Å². The third-order valence-electron chi connectivity index (χ3n) is 3.95. The molecule has 0 radical (unpaired) electrons. The fourth-order valence-electron chi connectivity index (χ4n) is 2.62. The van der Waals surface area contributed by atoms with Crippen LogP contribution >= 0.6 is 0 Å². The maximum absolute atomic E-state index is 12.4. The van der Waals surface area contributed by atoms with Crippen LogP contribution in [0.15, 0.2) is 24.5 Å². The van der Waals surface area contributed by atoms with Gasteiger partial charge >= 0.3 is 0 Å². The third kappa shape index (κ3) is 3.53. The number of carbonyl (C=O) groups excluding carboxylic acids is 1. The molecule has 0 saturated carbocycles. The van der Waals surface area contributed by atoms with Gasteiger partial charge in [0, 0.05) is 36.9 Å². The van der Waals surface area contributed by atoms with Crippen LogP contribution in [0.3, 0.4) is 0 Å². The van der Waals surface area contributed by atoms with Crippen LogP contribution in [0, 0.1) is 0 Å². The summed E-state index contributed by atoms with van der Waals surface area (Å²) < 4.78 is 0. The van der Waals surface area contributed by atoms with Crippen molar-refractivity contribution in [3.8, 4) is 0 Å². The quantitative estimate of drug-likeness (QED) is 0.901. The molecule has 1 aliphatic rings. The second-order valence-electron chi connectivity index (χ2n) is 5.97. The standard InChI is InChI=1S/C15H23N3O/c1-15(2)8-5-13(16)11-18(15)14(19)4-3-12-6-9-17-10-7-12/h6-7,9-10,13H,3-5,8,11,16H2,1-2H3. The van der Waals surface area contributed by atoms with E-state index in [2.05, 4.69) is 18.8 Å². The first kappa shape index (κ1) is 14.0. The van der Waals surface area contributed by atoms with Gasteiger partial charge in [-0.3, -0.25) is 9.78 Å². The monoisotopic (exact) mass is 261 g/mol. The van der Waals surface area contributed by atoms with Gasteiger partial charge in [-0.25, -0.2) is 0 Å². The molecule has 4 nitrogen and oxygen atoms in total. The number of pyridine rings is 1. The average molecular weight is 261 g/mol. The van der Waals surface area contributed by atoms with Crippen molar-refractivity contribution in [2.45, 2.75) is 51.1 Å². The van der Waals surface area contributed by atoms with Crippen LogP contribution in [0.2, 0.25) is 0 Å². The van der Waals surface area contributed by atoms with Gasteiger partial charge < -0.3 is 10.6 Å². The van der Waals surface area contributed by atoms with Crippen molar-refractivity contribution < 1.29 is 4.79 Å². The molecule has 1 amide bonds. The molecule has 1 aromatic heterocycles. The smallest absolute Gasteiger partial charge is 0.223 e. The predicted octanol–water partition coefficient (Wildman–Crippen LogP) is 1.74. The molecule has 0 aromatic carbocycles. The van der Waals surface area contributed by atoms with Crippen molar-refractivity contribution in [3.05, 3.63) is 30.1 Å². The van der Waals surface area contributed by atoms with Crippen LogP contribution in [0.5, 0.6) is 0 Å². The summed E-state index contributed by atoms with van der Waals surface area (Å²) in [6.45, 7) is 4.94. The van der Waals surface area contributed by atoms with Crippen LogP contribution in [0.1, 0.15) is 38.7 Å². The highest BCUT2D eigenvalue weighted by Crippen LogP contribution is 2.27. The Labute approximate surface area is 115 Å². The molecule has 2 heterocycles. The van der Waals surface area contributed by atoms with Crippen LogP contribution in [0.25, 0.3) is 0 Å². The Kier molecular flexibility index (Phi) is 4.20. The normalized spacial score (nSPS) is 22.3. The molecule has 1 fully saturated rings. The molecular formula is C15H23N3O. The molecular weight excluding hydrogens is 238 g/mol. The van der Waals surface area contributed by atoms with E-state index in [1.165, 1.54) is 0 Å². The maximum atomic E-state index is 12.4. The summed E-state index contributed by atoms with van der Waals surface area (Å²) in [6.07, 6.45) is 6.82. The average Bonchev–Trinajstić information content (AvgIpc) is 2.40. The Hall–Kier alpha value is -1.42. The minimum Gasteiger partial charge on any atom is -0.336 e. The number of carbonyl (C=O) groups is 1. The highest BCUT2D eigenvalue weighted by Gasteiger charge is 2.35. The molecule has 1 atom stereocenters. The van der Waals surface area contributed by atoms with E-state index in [1.54, 1.807) is 12.4 Å². The summed E-state index contributed by atoms with van der Waals surface area (Å²) >= 11 is 0. The number of hydrogen-bond donors (Lipinski definition) is 1. The van der Waals surface area contributed by atoms with Crippen LogP contribution in [-0.2, 0) is 11.2 Å². The number of nitrogens with zero attached hydrogens (tertiary/aromatic N) is 2. The van der Waals surface area contributed by atoms with Gasteiger partial charge in [-0.05, 0) is 50.8 Å². The lowest BCUT2D eigenvalue weighted by molar-refractivity contribution is -0.138. The van der Waals surface area contributed by atoms with E-state index in [0.717, 1.165) is 24.8 Å². The molecule has 1 saturated heterocycles. The van der Waals surface area contributed by atoms with Gasteiger partial charge in [-0.2, -0.15) is 0 Å². The number of nitrogens with two attached hydrogens (primary N) is 1. The van der Waals surface area contributed by atoms with Gasteiger partial charge in [0.15, 0.2) is 0 Å². The molecule has 1 aliphatic heterocycles. The Morgan fingerprint density at radius 1 is 1.47 bits per heavy atom. The Morgan fingerprint density at radius 3 is 2.84 bits per heavy atom. The zero-order valence-electron chi connectivity index (χ0n) is 11.8. The summed E-state index contributed by atoms with van der Waals surface area (Å²) in [5, 5.41) is 0. The predicted molar refractivity (Wildman–Crippen MR) is 75.6 cm³/mol. The van der Waals surface area contributed by atoms with Gasteiger partial charge in [0.05, 0.1) is 0 Å². The summed E-state index contributed by atoms with van der Waals surface area (Å²) in [4.78, 5) is 18.3. The van der Waals surface area contributed by atoms with Crippen LogP contribution in [-0.4, -0.2) is 33.9 Å². The molecule has 1 unspecified atom stereocenters. The van der Waals surface area contributed by atoms with Gasteiger partial charge in [0.25, 0.3) is 0 Å². The van der Waals surface area contributed by atoms with E-state index in [1.807, 2.05) is 17.0 Å². The number of aryl methyl sites for hydroxylation is 1. The van der Waals surface area contributed by atoms with Gasteiger partial charge in [0.1, 0.15) is 0 Å². The Balaban J connectivity index is 1.95. The van der Waals surface area contributed by atoms with Crippen molar-refractivity contribution in [2.24, 2.45) is 5.73 Å². The number of aromatic nitrogens is 1. The summed E-state index contributed by atoms with van der Waals surface area (Å²) in [5.74, 6) is 0.206. The highest BCUT2D eigenvalue weighted by atomic mass is 16.2. The highest BCUT2D eigenvalue weighted by molar-refractivity contribution is 5.77. The number of rotatable bonds is 3. The number of likely N-dealkylation sites (tertiary alicyclic amines) is 1. The van der Waals surface area contributed by atoms with Gasteiger partial charge in [-0.1, -0.05) is 0 Å². The zero-order valence-corrected chi connectivity index (χ0v) is 11.8. The maximum Gasteiger partial charge on any atom is 0.223 e. The van der Waals surface area contributed by atoms with Crippen molar-refractivity contribution >= 4 is 5.91 Å². The van der Waals surface area contributed by atoms with E-state index in [0.29, 0.717) is 13.0 Å². The minimum atomic E-state index is -0.0643. The van der Waals surface area contributed by atoms with Crippen molar-refractivity contribution in [1.29, 1.82) is 0 Å². The third-order valence-corrected chi connectivity index (χ3v) is 3.95. The molecule has 2 N–H and O–H groups in total. The first-order chi connectivity index (χ1) is 8.99. The topological polar surface area (TPSA) is 59.2 Å². The van der Waals surface area contributed by atoms with E-state index in [-0.39, 0.29) is 17.5 Å². The molecule has 0 aliphatic carbocycles. The number of piperidine rings is 1. The molecule has 0 spiro atoms. The van der Waals surface area contributed by atoms with Crippen LogP contribution in [0.4, 0.5) is 0 Å². The fraction of sp³-hybridized carbons (Fsp3) is 0.600. The first-order valence-electron chi connectivity index (χ1n) is 6.94. The van der Waals surface area contributed by atoms with Gasteiger partial charge in [-0.15, -0.1) is 0 Å². The zero-order chi connectivity index (χ0) is 13.9. The lowest BCUT2D eigenvalue weighted by atomic mass is 9.88. The molecule has 4 heteroatoms. The molecule has 1 aromatic rings. The molecule has 104 valence electrons. The molecule has 2 rings (SSSR count). The summed E-state index contributed by atoms with van der Waals surface area (Å²) in [6, 6.07) is 4.04. The lowest BCUT2D eigenvalue weighted by Gasteiger charge is -2.45. The minimum absolute atomic E-state index is 0.0643. The van der Waals surface area contributed by atoms with E-state index < -0.39 is 0 Å². The summed E-state index contributed by atoms with van der Waals surface area (Å²) in [7, 11) is 0. The summed E-state index contributed by atoms with van der Waals surface area (Å²) in [5.41, 5.74) is 7.08. The Morgan fingerprint density at radius 2 is 2.16 bits per heavy atom. The second kappa shape index (κ2) is 5.70. The SMILES string of the molecule is CC1(C)CCC(N)CN1C(=O)CCc1ccncc1. The van der Waals surface area contributed by atoms with Gasteiger partial charge in [0.2, 0.25) is 5.91 Å². The molecule has 19 heavy (non-hydrogen) atoms. The van der Waals surface area contributed by atoms with Crippen molar-refractivity contribution in [2.75, 3.05) is 6.54 Å². The first-order valence-corrected chi connectivity index (χ1v) is 6.94. The van der Waals surface area contributed by atoms with Crippen LogP contribution < -0.4 is 5.73 Å². The Bertz CT molecular complexity index is 430.